The van der Waals surface area contributed by atoms with Crippen LogP contribution in [0.15, 0.2) is 54.6 Å². The third-order valence-corrected chi connectivity index (χ3v) is 6.31. The highest BCUT2D eigenvalue weighted by molar-refractivity contribution is 8.14. The summed E-state index contributed by atoms with van der Waals surface area (Å²) in [6.07, 6.45) is 1.08. The maximum absolute atomic E-state index is 11.8. The minimum Gasteiger partial charge on any atom is -0.497 e. The first-order chi connectivity index (χ1) is 12.2. The van der Waals surface area contributed by atoms with Gasteiger partial charge in [-0.3, -0.25) is 0 Å². The van der Waals surface area contributed by atoms with Gasteiger partial charge in [0.2, 0.25) is 0 Å². The molecule has 0 bridgehead atoms. The van der Waals surface area contributed by atoms with Crippen LogP contribution in [0.5, 0.6) is 5.75 Å². The van der Waals surface area contributed by atoms with Crippen LogP contribution in [0.4, 0.5) is 5.69 Å². The molecule has 2 heterocycles. The molecule has 25 heavy (non-hydrogen) atoms. The van der Waals surface area contributed by atoms with E-state index in [9.17, 15) is 5.11 Å². The Morgan fingerprint density at radius 2 is 1.92 bits per heavy atom. The molecule has 2 aromatic carbocycles. The second kappa shape index (κ2) is 6.39. The van der Waals surface area contributed by atoms with Crippen molar-refractivity contribution >= 4 is 22.6 Å². The lowest BCUT2D eigenvalue weighted by atomic mass is 10.0. The van der Waals surface area contributed by atoms with Crippen LogP contribution in [0.1, 0.15) is 18.9 Å². The second-order valence-corrected chi connectivity index (χ2v) is 7.49. The minimum absolute atomic E-state index is 0.471. The largest absolute Gasteiger partial charge is 0.497 e. The monoisotopic (exact) mass is 355 g/mol. The van der Waals surface area contributed by atoms with Crippen molar-refractivity contribution in [3.8, 4) is 5.75 Å². The Labute approximate surface area is 152 Å². The fraction of sp³-hybridized carbons (Fsp3) is 0.350. The van der Waals surface area contributed by atoms with Crippen LogP contribution in [0, 0.1) is 0 Å². The molecule has 130 valence electrons. The molecule has 0 aromatic heterocycles. The first kappa shape index (κ1) is 16.5. The van der Waals surface area contributed by atoms with Crippen molar-refractivity contribution in [2.75, 3.05) is 24.3 Å². The summed E-state index contributed by atoms with van der Waals surface area (Å²) in [5.74, 6) is 1.87. The standard InChI is InChI=1S/C20H23N2O2S/c1-3-16-13-25-19-21(16)14-20(23,15-9-11-18(24-2)12-10-15)22(19)17-7-5-4-6-8-17/h4-12,16,23H,3,13-14H2,1-2H3/q+1/t16-,20-/m0/s1. The van der Waals surface area contributed by atoms with E-state index in [0.29, 0.717) is 12.6 Å². The molecular formula is C20H23N2O2S+. The Bertz CT molecular complexity index is 791. The Morgan fingerprint density at radius 1 is 1.20 bits per heavy atom. The van der Waals surface area contributed by atoms with Gasteiger partial charge in [0, 0.05) is 11.3 Å². The predicted octanol–water partition coefficient (Wildman–Crippen LogP) is 3.25. The van der Waals surface area contributed by atoms with Gasteiger partial charge in [0.1, 0.15) is 17.5 Å². The van der Waals surface area contributed by atoms with Crippen LogP contribution in [-0.2, 0) is 5.72 Å². The van der Waals surface area contributed by atoms with Gasteiger partial charge in [-0.15, -0.1) is 0 Å². The average molecular weight is 355 g/mol. The molecule has 0 unspecified atom stereocenters. The molecule has 0 saturated heterocycles. The van der Waals surface area contributed by atoms with E-state index in [1.165, 1.54) is 0 Å². The summed E-state index contributed by atoms with van der Waals surface area (Å²) < 4.78 is 7.63. The lowest BCUT2D eigenvalue weighted by Gasteiger charge is -2.29. The molecule has 2 aromatic rings. The molecule has 2 atom stereocenters. The summed E-state index contributed by atoms with van der Waals surface area (Å²) in [5.41, 5.74) is 0.821. The highest BCUT2D eigenvalue weighted by Crippen LogP contribution is 2.42. The molecule has 0 amide bonds. The molecule has 0 radical (unpaired) electrons. The van der Waals surface area contributed by atoms with E-state index >= 15 is 0 Å². The van der Waals surface area contributed by atoms with Crippen molar-refractivity contribution in [2.24, 2.45) is 0 Å². The van der Waals surface area contributed by atoms with Gasteiger partial charge < -0.3 is 9.84 Å². The SMILES string of the molecule is CC[C@H]1CSC2=[N+]1C[C@](O)(c1ccc(OC)cc1)N2c1ccccc1. The predicted molar refractivity (Wildman–Crippen MR) is 102 cm³/mol. The number of thioether (sulfide) groups is 1. The maximum Gasteiger partial charge on any atom is 0.317 e. The van der Waals surface area contributed by atoms with Crippen molar-refractivity contribution in [1.82, 2.24) is 0 Å². The first-order valence-electron chi connectivity index (χ1n) is 8.66. The quantitative estimate of drug-likeness (QED) is 0.854. The van der Waals surface area contributed by atoms with Crippen molar-refractivity contribution in [1.29, 1.82) is 0 Å². The average Bonchev–Trinajstić information content (AvgIpc) is 3.18. The Balaban J connectivity index is 1.81. The lowest BCUT2D eigenvalue weighted by Crippen LogP contribution is -2.47. The molecule has 5 heteroatoms. The van der Waals surface area contributed by atoms with Crippen LogP contribution in [0.25, 0.3) is 0 Å². The van der Waals surface area contributed by atoms with Crippen molar-refractivity contribution in [3.05, 3.63) is 60.2 Å². The number of ether oxygens (including phenoxy) is 1. The lowest BCUT2D eigenvalue weighted by molar-refractivity contribution is -0.561. The highest BCUT2D eigenvalue weighted by atomic mass is 32.2. The molecule has 2 aliphatic rings. The van der Waals surface area contributed by atoms with Crippen molar-refractivity contribution in [2.45, 2.75) is 25.1 Å². The summed E-state index contributed by atoms with van der Waals surface area (Å²) in [5, 5.41) is 12.9. The van der Waals surface area contributed by atoms with Gasteiger partial charge in [-0.25, -0.2) is 4.58 Å². The van der Waals surface area contributed by atoms with Crippen LogP contribution in [-0.4, -0.2) is 40.3 Å². The molecule has 2 aliphatic heterocycles. The topological polar surface area (TPSA) is 35.7 Å². The van der Waals surface area contributed by atoms with Gasteiger partial charge in [0.15, 0.2) is 6.54 Å². The third kappa shape index (κ3) is 2.62. The van der Waals surface area contributed by atoms with Crippen LogP contribution >= 0.6 is 11.8 Å². The zero-order chi connectivity index (χ0) is 17.4. The molecule has 4 rings (SSSR count). The van der Waals surface area contributed by atoms with E-state index in [1.807, 2.05) is 54.2 Å². The Morgan fingerprint density at radius 3 is 2.56 bits per heavy atom. The van der Waals surface area contributed by atoms with E-state index < -0.39 is 5.72 Å². The number of methoxy groups -OCH3 is 1. The number of anilines is 1. The van der Waals surface area contributed by atoms with E-state index in [2.05, 4.69) is 28.5 Å². The van der Waals surface area contributed by atoms with E-state index in [1.54, 1.807) is 7.11 Å². The number of rotatable bonds is 4. The van der Waals surface area contributed by atoms with Gasteiger partial charge >= 0.3 is 5.17 Å². The van der Waals surface area contributed by atoms with Gasteiger partial charge in [-0.2, -0.15) is 4.90 Å². The van der Waals surface area contributed by atoms with E-state index in [-0.39, 0.29) is 0 Å². The Kier molecular flexibility index (Phi) is 4.21. The van der Waals surface area contributed by atoms with Crippen LogP contribution < -0.4 is 9.64 Å². The first-order valence-corrected chi connectivity index (χ1v) is 9.64. The van der Waals surface area contributed by atoms with Crippen LogP contribution in [0.3, 0.4) is 0 Å². The van der Waals surface area contributed by atoms with Gasteiger partial charge in [-0.05, 0) is 54.6 Å². The summed E-state index contributed by atoms with van der Waals surface area (Å²) in [7, 11) is 1.66. The summed E-state index contributed by atoms with van der Waals surface area (Å²) in [4.78, 5) is 2.09. The number of hydrogen-bond donors (Lipinski definition) is 1. The molecule has 1 N–H and O–H groups in total. The molecular weight excluding hydrogens is 332 g/mol. The highest BCUT2D eigenvalue weighted by Gasteiger charge is 2.57. The van der Waals surface area contributed by atoms with E-state index in [4.69, 9.17) is 4.74 Å². The molecule has 0 aliphatic carbocycles. The number of para-hydroxylation sites is 1. The van der Waals surface area contributed by atoms with Gasteiger partial charge in [0.05, 0.1) is 7.11 Å². The molecule has 4 nitrogen and oxygen atoms in total. The number of amidine groups is 1. The summed E-state index contributed by atoms with van der Waals surface area (Å²) in [6.45, 7) is 2.79. The van der Waals surface area contributed by atoms with Crippen molar-refractivity contribution < 1.29 is 14.4 Å². The number of hydrogen-bond acceptors (Lipinski definition) is 4. The molecule has 0 saturated carbocycles. The van der Waals surface area contributed by atoms with Crippen LogP contribution in [0.2, 0.25) is 0 Å². The second-order valence-electron chi connectivity index (χ2n) is 6.50. The Hall–Kier alpha value is -1.98. The maximum atomic E-state index is 11.8. The molecule has 0 fully saturated rings. The molecule has 0 spiro atoms. The number of benzene rings is 2. The van der Waals surface area contributed by atoms with E-state index in [0.717, 1.165) is 34.3 Å². The zero-order valence-corrected chi connectivity index (χ0v) is 15.4. The summed E-state index contributed by atoms with van der Waals surface area (Å²) in [6, 6.07) is 18.4. The smallest absolute Gasteiger partial charge is 0.317 e. The normalized spacial score (nSPS) is 25.4. The minimum atomic E-state index is -1.08. The fourth-order valence-electron chi connectivity index (χ4n) is 3.67. The van der Waals surface area contributed by atoms with Gasteiger partial charge in [0.25, 0.3) is 5.72 Å². The summed E-state index contributed by atoms with van der Waals surface area (Å²) >= 11 is 1.84. The van der Waals surface area contributed by atoms with Gasteiger partial charge in [-0.1, -0.05) is 25.1 Å². The number of aliphatic hydroxyl groups is 1. The zero-order valence-electron chi connectivity index (χ0n) is 14.6. The van der Waals surface area contributed by atoms with Crippen molar-refractivity contribution in [3.63, 3.8) is 0 Å². The third-order valence-electron chi connectivity index (χ3n) is 5.08. The number of nitrogens with zero attached hydrogens (tertiary/aromatic N) is 2. The fourth-order valence-corrected chi connectivity index (χ4v) is 5.20.